The van der Waals surface area contributed by atoms with E-state index in [9.17, 15) is 0 Å². The minimum Gasteiger partial charge on any atom is -0.337 e. The molecule has 0 aliphatic carbocycles. The quantitative estimate of drug-likeness (QED) is 0.580. The highest BCUT2D eigenvalue weighted by atomic mass is 15.3. The summed E-state index contributed by atoms with van der Waals surface area (Å²) in [6, 6.07) is 2.04. The average molecular weight is 347 g/mol. The summed E-state index contributed by atoms with van der Waals surface area (Å²) in [5, 5.41) is 11.8. The summed E-state index contributed by atoms with van der Waals surface area (Å²) in [6.07, 6.45) is 8.36. The van der Waals surface area contributed by atoms with Crippen LogP contribution < -0.4 is 10.6 Å². The molecular formula is C17H17N9. The molecule has 0 saturated heterocycles. The number of pyridine rings is 1. The molecule has 0 aromatic carbocycles. The van der Waals surface area contributed by atoms with Gasteiger partial charge in [-0.1, -0.05) is 0 Å². The number of fused-ring (bicyclic) bond motifs is 1. The van der Waals surface area contributed by atoms with Crippen LogP contribution in [0, 0.1) is 13.8 Å². The van der Waals surface area contributed by atoms with Crippen LogP contribution in [0.2, 0.25) is 0 Å². The molecule has 4 aromatic heterocycles. The molecule has 0 unspecified atom stereocenters. The zero-order valence-electron chi connectivity index (χ0n) is 14.6. The van der Waals surface area contributed by atoms with Crippen molar-refractivity contribution in [2.24, 2.45) is 7.05 Å². The lowest BCUT2D eigenvalue weighted by Gasteiger charge is -2.07. The van der Waals surface area contributed by atoms with Crippen molar-refractivity contribution in [1.82, 2.24) is 34.7 Å². The fourth-order valence-corrected chi connectivity index (χ4v) is 2.57. The van der Waals surface area contributed by atoms with Gasteiger partial charge in [0.1, 0.15) is 6.33 Å². The third kappa shape index (κ3) is 3.02. The number of nitrogens with one attached hydrogen (secondary N) is 2. The monoisotopic (exact) mass is 347 g/mol. The maximum atomic E-state index is 4.54. The number of hydrogen-bond donors (Lipinski definition) is 2. The number of hydrogen-bond acceptors (Lipinski definition) is 8. The highest BCUT2D eigenvalue weighted by Gasteiger charge is 2.13. The van der Waals surface area contributed by atoms with Crippen LogP contribution in [-0.4, -0.2) is 34.7 Å². The van der Waals surface area contributed by atoms with Gasteiger partial charge >= 0.3 is 0 Å². The van der Waals surface area contributed by atoms with Crippen molar-refractivity contribution >= 4 is 34.2 Å². The van der Waals surface area contributed by atoms with E-state index in [1.165, 1.54) is 6.33 Å². The minimum atomic E-state index is 0.454. The fourth-order valence-electron chi connectivity index (χ4n) is 2.57. The van der Waals surface area contributed by atoms with Gasteiger partial charge in [0, 0.05) is 19.4 Å². The van der Waals surface area contributed by atoms with E-state index in [2.05, 4.69) is 40.7 Å². The normalized spacial score (nSPS) is 10.9. The first-order chi connectivity index (χ1) is 12.6. The summed E-state index contributed by atoms with van der Waals surface area (Å²) in [5.74, 6) is 1.14. The number of aromatic nitrogens is 7. The molecule has 0 aliphatic heterocycles. The second-order valence-corrected chi connectivity index (χ2v) is 5.93. The molecule has 2 N–H and O–H groups in total. The van der Waals surface area contributed by atoms with E-state index in [4.69, 9.17) is 0 Å². The molecule has 4 rings (SSSR count). The van der Waals surface area contributed by atoms with Gasteiger partial charge in [-0.25, -0.2) is 19.6 Å². The molecular weight excluding hydrogens is 330 g/mol. The van der Waals surface area contributed by atoms with Gasteiger partial charge in [0.05, 0.1) is 34.8 Å². The number of aryl methyl sites for hydroxylation is 3. The summed E-state index contributed by atoms with van der Waals surface area (Å²) in [6.45, 7) is 3.95. The Bertz CT molecular complexity index is 1070. The standard InChI is InChI=1S/C17H17N9/c1-10-4-14(11(2)20-5-10)23-15-13-8-21-17(24-16(13)26(3)25-15)22-12-6-18-9-19-7-12/h4-9H,1-3H3,(H,23,25)(H,21,22,24). The number of anilines is 4. The molecule has 0 amide bonds. The van der Waals surface area contributed by atoms with Crippen molar-refractivity contribution < 1.29 is 0 Å². The van der Waals surface area contributed by atoms with Crippen molar-refractivity contribution in [3.8, 4) is 0 Å². The SMILES string of the molecule is Cc1cnc(C)c(Nc2nn(C)c3nc(Nc4cncnc4)ncc23)c1. The smallest absolute Gasteiger partial charge is 0.229 e. The van der Waals surface area contributed by atoms with Gasteiger partial charge in [0.15, 0.2) is 11.5 Å². The lowest BCUT2D eigenvalue weighted by atomic mass is 10.2. The molecule has 0 spiro atoms. The third-order valence-electron chi connectivity index (χ3n) is 3.87. The predicted molar refractivity (Wildman–Crippen MR) is 98.6 cm³/mol. The van der Waals surface area contributed by atoms with E-state index in [-0.39, 0.29) is 0 Å². The zero-order valence-corrected chi connectivity index (χ0v) is 14.6. The maximum Gasteiger partial charge on any atom is 0.229 e. The first-order valence-corrected chi connectivity index (χ1v) is 8.02. The van der Waals surface area contributed by atoms with E-state index < -0.39 is 0 Å². The fraction of sp³-hybridized carbons (Fsp3) is 0.176. The zero-order chi connectivity index (χ0) is 18.1. The number of rotatable bonds is 4. The van der Waals surface area contributed by atoms with Crippen LogP contribution in [-0.2, 0) is 7.05 Å². The largest absolute Gasteiger partial charge is 0.337 e. The van der Waals surface area contributed by atoms with Crippen molar-refractivity contribution in [2.75, 3.05) is 10.6 Å². The lowest BCUT2D eigenvalue weighted by Crippen LogP contribution is -1.99. The Balaban J connectivity index is 1.68. The Hall–Kier alpha value is -3.62. The van der Waals surface area contributed by atoms with Crippen LogP contribution in [0.1, 0.15) is 11.3 Å². The molecule has 0 aliphatic rings. The van der Waals surface area contributed by atoms with E-state index in [0.717, 1.165) is 22.3 Å². The maximum absolute atomic E-state index is 4.54. The van der Waals surface area contributed by atoms with E-state index >= 15 is 0 Å². The van der Waals surface area contributed by atoms with Gasteiger partial charge < -0.3 is 10.6 Å². The van der Waals surface area contributed by atoms with Crippen molar-refractivity contribution in [1.29, 1.82) is 0 Å². The van der Waals surface area contributed by atoms with Gasteiger partial charge in [0.25, 0.3) is 0 Å². The van der Waals surface area contributed by atoms with Crippen molar-refractivity contribution in [3.63, 3.8) is 0 Å². The van der Waals surface area contributed by atoms with E-state index in [1.807, 2.05) is 33.2 Å². The molecule has 4 aromatic rings. The first kappa shape index (κ1) is 15.9. The van der Waals surface area contributed by atoms with E-state index in [1.54, 1.807) is 23.3 Å². The molecule has 0 saturated carbocycles. The molecule has 0 atom stereocenters. The first-order valence-electron chi connectivity index (χ1n) is 8.02. The average Bonchev–Trinajstić information content (AvgIpc) is 2.94. The summed E-state index contributed by atoms with van der Waals surface area (Å²) < 4.78 is 1.71. The van der Waals surface area contributed by atoms with Gasteiger partial charge in [0.2, 0.25) is 5.95 Å². The minimum absolute atomic E-state index is 0.454. The van der Waals surface area contributed by atoms with Crippen molar-refractivity contribution in [2.45, 2.75) is 13.8 Å². The molecule has 0 bridgehead atoms. The molecule has 0 fully saturated rings. The van der Waals surface area contributed by atoms with Crippen LogP contribution >= 0.6 is 0 Å². The summed E-state index contributed by atoms with van der Waals surface area (Å²) in [5.41, 5.74) is 4.31. The topological polar surface area (TPSA) is 106 Å². The lowest BCUT2D eigenvalue weighted by molar-refractivity contribution is 0.789. The molecule has 9 nitrogen and oxygen atoms in total. The highest BCUT2D eigenvalue weighted by Crippen LogP contribution is 2.26. The van der Waals surface area contributed by atoms with Crippen LogP contribution in [0.4, 0.5) is 23.1 Å². The van der Waals surface area contributed by atoms with Crippen LogP contribution in [0.5, 0.6) is 0 Å². The third-order valence-corrected chi connectivity index (χ3v) is 3.87. The Morgan fingerprint density at radius 2 is 1.77 bits per heavy atom. The Labute approximate surface area is 149 Å². The summed E-state index contributed by atoms with van der Waals surface area (Å²) >= 11 is 0. The molecule has 130 valence electrons. The highest BCUT2D eigenvalue weighted by molar-refractivity contribution is 5.89. The summed E-state index contributed by atoms with van der Waals surface area (Å²) in [7, 11) is 1.84. The second-order valence-electron chi connectivity index (χ2n) is 5.93. The second kappa shape index (κ2) is 6.36. The van der Waals surface area contributed by atoms with Crippen LogP contribution in [0.25, 0.3) is 11.0 Å². The Morgan fingerprint density at radius 1 is 0.962 bits per heavy atom. The summed E-state index contributed by atoms with van der Waals surface area (Å²) in [4.78, 5) is 21.2. The van der Waals surface area contributed by atoms with E-state index in [0.29, 0.717) is 23.1 Å². The number of nitrogens with zero attached hydrogens (tertiary/aromatic N) is 7. The van der Waals surface area contributed by atoms with Gasteiger partial charge in [-0.2, -0.15) is 10.1 Å². The Kier molecular flexibility index (Phi) is 3.88. The Morgan fingerprint density at radius 3 is 2.58 bits per heavy atom. The van der Waals surface area contributed by atoms with Gasteiger partial charge in [-0.3, -0.25) is 4.98 Å². The van der Waals surface area contributed by atoms with Gasteiger partial charge in [-0.05, 0) is 25.5 Å². The predicted octanol–water partition coefficient (Wildman–Crippen LogP) is 2.65. The molecule has 9 heteroatoms. The van der Waals surface area contributed by atoms with Gasteiger partial charge in [-0.15, -0.1) is 0 Å². The molecule has 0 radical (unpaired) electrons. The molecule has 4 heterocycles. The van der Waals surface area contributed by atoms with Crippen LogP contribution in [0.3, 0.4) is 0 Å². The van der Waals surface area contributed by atoms with Crippen LogP contribution in [0.15, 0.2) is 37.2 Å². The molecule has 26 heavy (non-hydrogen) atoms. The van der Waals surface area contributed by atoms with Crippen molar-refractivity contribution in [3.05, 3.63) is 48.4 Å².